The highest BCUT2D eigenvalue weighted by atomic mass is 16.6. The third-order valence-corrected chi connectivity index (χ3v) is 4.10. The van der Waals surface area contributed by atoms with Gasteiger partial charge >= 0.3 is 6.09 Å². The fourth-order valence-electron chi connectivity index (χ4n) is 2.35. The van der Waals surface area contributed by atoms with Crippen LogP contribution >= 0.6 is 0 Å². The molecule has 1 rings (SSSR count). The van der Waals surface area contributed by atoms with Crippen LogP contribution in [0.15, 0.2) is 0 Å². The molecule has 0 heterocycles. The van der Waals surface area contributed by atoms with E-state index in [-0.39, 0.29) is 12.1 Å². The first-order valence-electron chi connectivity index (χ1n) is 8.14. The van der Waals surface area contributed by atoms with E-state index < -0.39 is 5.60 Å². The molecule has 0 radical (unpaired) electrons. The third kappa shape index (κ3) is 7.14. The molecule has 0 aromatic rings. The number of nitrogens with zero attached hydrogens (tertiary/aromatic N) is 1. The van der Waals surface area contributed by atoms with Gasteiger partial charge in [-0.1, -0.05) is 6.92 Å². The van der Waals surface area contributed by atoms with Gasteiger partial charge in [0.15, 0.2) is 0 Å². The van der Waals surface area contributed by atoms with Crippen molar-refractivity contribution < 1.29 is 9.53 Å². The van der Waals surface area contributed by atoms with Crippen LogP contribution in [0.2, 0.25) is 0 Å². The molecule has 0 aromatic carbocycles. The molecule has 0 spiro atoms. The van der Waals surface area contributed by atoms with Gasteiger partial charge in [0, 0.05) is 31.2 Å². The predicted octanol–water partition coefficient (Wildman–Crippen LogP) is 2.36. The van der Waals surface area contributed by atoms with E-state index in [0.29, 0.717) is 12.1 Å². The summed E-state index contributed by atoms with van der Waals surface area (Å²) in [6.07, 6.45) is 2.86. The fraction of sp³-hybridized carbons (Fsp3) is 0.938. The van der Waals surface area contributed by atoms with E-state index in [4.69, 9.17) is 4.74 Å². The van der Waals surface area contributed by atoms with Crippen molar-refractivity contribution in [2.45, 2.75) is 77.6 Å². The van der Waals surface area contributed by atoms with Gasteiger partial charge in [-0.25, -0.2) is 4.79 Å². The lowest BCUT2D eigenvalue weighted by molar-refractivity contribution is 0.0465. The molecule has 1 atom stereocenters. The fourth-order valence-corrected chi connectivity index (χ4v) is 2.35. The number of hydrogen-bond donors (Lipinski definition) is 2. The first-order chi connectivity index (χ1) is 9.71. The lowest BCUT2D eigenvalue weighted by Crippen LogP contribution is -2.54. The Balaban J connectivity index is 2.07. The van der Waals surface area contributed by atoms with Gasteiger partial charge < -0.3 is 20.3 Å². The van der Waals surface area contributed by atoms with Crippen LogP contribution in [0.1, 0.15) is 53.9 Å². The summed E-state index contributed by atoms with van der Waals surface area (Å²) >= 11 is 0. The Hall–Kier alpha value is -0.810. The summed E-state index contributed by atoms with van der Waals surface area (Å²) < 4.78 is 5.25. The van der Waals surface area contributed by atoms with Crippen molar-refractivity contribution in [3.05, 3.63) is 0 Å². The number of amides is 1. The molecule has 1 aliphatic rings. The summed E-state index contributed by atoms with van der Waals surface area (Å²) in [5, 5.41) is 6.46. The first-order valence-corrected chi connectivity index (χ1v) is 8.14. The second-order valence-corrected chi connectivity index (χ2v) is 7.20. The van der Waals surface area contributed by atoms with E-state index in [1.54, 1.807) is 0 Å². The number of nitrogens with one attached hydrogen (secondary N) is 2. The summed E-state index contributed by atoms with van der Waals surface area (Å²) in [4.78, 5) is 14.0. The van der Waals surface area contributed by atoms with Crippen LogP contribution in [0, 0.1) is 0 Å². The van der Waals surface area contributed by atoms with Crippen molar-refractivity contribution in [2.24, 2.45) is 0 Å². The van der Waals surface area contributed by atoms with Crippen LogP contribution in [-0.4, -0.2) is 54.9 Å². The molecule has 0 aliphatic heterocycles. The van der Waals surface area contributed by atoms with Gasteiger partial charge in [-0.05, 0) is 54.0 Å². The lowest BCUT2D eigenvalue weighted by Gasteiger charge is -2.37. The van der Waals surface area contributed by atoms with E-state index in [1.165, 1.54) is 6.42 Å². The highest BCUT2D eigenvalue weighted by molar-refractivity contribution is 5.68. The SMILES string of the molecule is CCC(C)N(C)CCNC1CC(NC(=O)OC(C)(C)C)C1. The van der Waals surface area contributed by atoms with Crippen LogP contribution in [-0.2, 0) is 4.74 Å². The van der Waals surface area contributed by atoms with Crippen molar-refractivity contribution in [1.82, 2.24) is 15.5 Å². The van der Waals surface area contributed by atoms with Gasteiger partial charge in [-0.2, -0.15) is 0 Å². The normalized spacial score (nSPS) is 23.6. The van der Waals surface area contributed by atoms with Crippen molar-refractivity contribution in [3.8, 4) is 0 Å². The summed E-state index contributed by atoms with van der Waals surface area (Å²) in [5.41, 5.74) is -0.425. The van der Waals surface area contributed by atoms with Crippen LogP contribution in [0.3, 0.4) is 0 Å². The lowest BCUT2D eigenvalue weighted by atomic mass is 9.87. The maximum Gasteiger partial charge on any atom is 0.407 e. The van der Waals surface area contributed by atoms with Crippen LogP contribution in [0.5, 0.6) is 0 Å². The highest BCUT2D eigenvalue weighted by Crippen LogP contribution is 2.20. The van der Waals surface area contributed by atoms with E-state index in [1.807, 2.05) is 20.8 Å². The standard InChI is InChI=1S/C16H33N3O2/c1-7-12(2)19(6)9-8-17-13-10-14(11-13)18-15(20)21-16(3,4)5/h12-14,17H,7-11H2,1-6H3,(H,18,20). The molecular formula is C16H33N3O2. The van der Waals surface area contributed by atoms with Crippen LogP contribution < -0.4 is 10.6 Å². The zero-order valence-electron chi connectivity index (χ0n) is 14.5. The summed E-state index contributed by atoms with van der Waals surface area (Å²) in [7, 11) is 2.17. The van der Waals surface area contributed by atoms with Gasteiger partial charge in [0.05, 0.1) is 0 Å². The maximum atomic E-state index is 11.6. The molecule has 1 saturated carbocycles. The van der Waals surface area contributed by atoms with Gasteiger partial charge in [0.2, 0.25) is 0 Å². The second kappa shape index (κ2) is 7.99. The molecular weight excluding hydrogens is 266 g/mol. The molecule has 5 nitrogen and oxygen atoms in total. The van der Waals surface area contributed by atoms with Gasteiger partial charge in [-0.15, -0.1) is 0 Å². The number of alkyl carbamates (subject to hydrolysis) is 1. The first kappa shape index (κ1) is 18.2. The minimum atomic E-state index is -0.425. The molecule has 2 N–H and O–H groups in total. The molecule has 1 amide bonds. The van der Waals surface area contributed by atoms with E-state index in [2.05, 4.69) is 36.4 Å². The smallest absolute Gasteiger partial charge is 0.407 e. The molecule has 124 valence electrons. The molecule has 1 aliphatic carbocycles. The number of hydrogen-bond acceptors (Lipinski definition) is 4. The van der Waals surface area contributed by atoms with Crippen molar-refractivity contribution in [3.63, 3.8) is 0 Å². The van der Waals surface area contributed by atoms with Crippen molar-refractivity contribution >= 4 is 6.09 Å². The minimum Gasteiger partial charge on any atom is -0.444 e. The Morgan fingerprint density at radius 3 is 2.48 bits per heavy atom. The number of ether oxygens (including phenoxy) is 1. The van der Waals surface area contributed by atoms with Crippen molar-refractivity contribution in [2.75, 3.05) is 20.1 Å². The predicted molar refractivity (Wildman–Crippen MR) is 86.6 cm³/mol. The molecule has 0 saturated heterocycles. The average molecular weight is 299 g/mol. The summed E-state index contributed by atoms with van der Waals surface area (Å²) in [5.74, 6) is 0. The quantitative estimate of drug-likeness (QED) is 0.758. The largest absolute Gasteiger partial charge is 0.444 e. The van der Waals surface area contributed by atoms with Gasteiger partial charge in [0.1, 0.15) is 5.60 Å². The zero-order chi connectivity index (χ0) is 16.0. The molecule has 21 heavy (non-hydrogen) atoms. The second-order valence-electron chi connectivity index (χ2n) is 7.20. The Labute approximate surface area is 129 Å². The van der Waals surface area contributed by atoms with E-state index >= 15 is 0 Å². The maximum absolute atomic E-state index is 11.6. The molecule has 5 heteroatoms. The summed E-state index contributed by atoms with van der Waals surface area (Å²) in [6.45, 7) is 12.2. The number of carbonyl (C=O) groups is 1. The van der Waals surface area contributed by atoms with E-state index in [9.17, 15) is 4.79 Å². The van der Waals surface area contributed by atoms with Crippen molar-refractivity contribution in [1.29, 1.82) is 0 Å². The van der Waals surface area contributed by atoms with Crippen LogP contribution in [0.4, 0.5) is 4.79 Å². The van der Waals surface area contributed by atoms with E-state index in [0.717, 1.165) is 25.9 Å². The molecule has 1 fully saturated rings. The highest BCUT2D eigenvalue weighted by Gasteiger charge is 2.31. The Bertz CT molecular complexity index is 322. The Morgan fingerprint density at radius 1 is 1.33 bits per heavy atom. The number of likely N-dealkylation sites (N-methyl/N-ethyl adjacent to an activating group) is 1. The number of carbonyl (C=O) groups excluding carboxylic acids is 1. The van der Waals surface area contributed by atoms with Gasteiger partial charge in [0.25, 0.3) is 0 Å². The van der Waals surface area contributed by atoms with Crippen LogP contribution in [0.25, 0.3) is 0 Å². The molecule has 0 aromatic heterocycles. The minimum absolute atomic E-state index is 0.254. The summed E-state index contributed by atoms with van der Waals surface area (Å²) in [6, 6.07) is 1.41. The Kier molecular flexibility index (Phi) is 6.94. The Morgan fingerprint density at radius 2 is 1.95 bits per heavy atom. The average Bonchev–Trinajstić information content (AvgIpc) is 2.31. The topological polar surface area (TPSA) is 53.6 Å². The number of rotatable bonds is 7. The van der Waals surface area contributed by atoms with Gasteiger partial charge in [-0.3, -0.25) is 0 Å². The zero-order valence-corrected chi connectivity index (χ0v) is 14.5. The molecule has 0 bridgehead atoms. The third-order valence-electron chi connectivity index (χ3n) is 4.10. The monoisotopic (exact) mass is 299 g/mol. The molecule has 1 unspecified atom stereocenters.